The number of ether oxygens (including phenoxy) is 1. The van der Waals surface area contributed by atoms with Gasteiger partial charge in [0.25, 0.3) is 0 Å². The molecule has 2 nitrogen and oxygen atoms in total. The van der Waals surface area contributed by atoms with Crippen molar-refractivity contribution in [3.05, 3.63) is 41.0 Å². The summed E-state index contributed by atoms with van der Waals surface area (Å²) in [5.74, 6) is 0.520. The fraction of sp³-hybridized carbons (Fsp3) is 0.400. The van der Waals surface area contributed by atoms with Gasteiger partial charge >= 0.3 is 5.97 Å². The molecule has 0 spiro atoms. The highest BCUT2D eigenvalue weighted by atomic mass is 127. The van der Waals surface area contributed by atoms with Crippen molar-refractivity contribution >= 4 is 28.6 Å². The van der Waals surface area contributed by atoms with E-state index in [1.54, 1.807) is 0 Å². The fourth-order valence-electron chi connectivity index (χ4n) is 1.56. The van der Waals surface area contributed by atoms with E-state index in [4.69, 9.17) is 4.74 Å². The first-order chi connectivity index (χ1) is 8.41. The maximum atomic E-state index is 12.0. The lowest BCUT2D eigenvalue weighted by atomic mass is 10.1. The second-order valence-corrected chi connectivity index (χ2v) is 6.13. The Morgan fingerprint density at radius 3 is 2.39 bits per heavy atom. The van der Waals surface area contributed by atoms with Crippen LogP contribution in [0.1, 0.15) is 31.4 Å². The third-order valence-corrected chi connectivity index (χ3v) is 3.62. The van der Waals surface area contributed by atoms with Gasteiger partial charge in [0.2, 0.25) is 0 Å². The molecule has 0 N–H and O–H groups in total. The zero-order chi connectivity index (χ0) is 13.7. The monoisotopic (exact) mass is 358 g/mol. The predicted octanol–water partition coefficient (Wildman–Crippen LogP) is 4.37. The van der Waals surface area contributed by atoms with Gasteiger partial charge in [-0.2, -0.15) is 0 Å². The van der Waals surface area contributed by atoms with E-state index < -0.39 is 0 Å². The van der Waals surface area contributed by atoms with Gasteiger partial charge in [0.15, 0.2) is 0 Å². The number of rotatable bonds is 4. The maximum absolute atomic E-state index is 12.0. The van der Waals surface area contributed by atoms with E-state index in [-0.39, 0.29) is 9.89 Å². The molecule has 0 aromatic heterocycles. The third kappa shape index (κ3) is 4.44. The second-order valence-electron chi connectivity index (χ2n) is 4.63. The molecule has 0 bridgehead atoms. The van der Waals surface area contributed by atoms with E-state index >= 15 is 0 Å². The van der Waals surface area contributed by atoms with Crippen molar-refractivity contribution in [2.24, 2.45) is 0 Å². The molecule has 0 aliphatic carbocycles. The Morgan fingerprint density at radius 1 is 1.33 bits per heavy atom. The standard InChI is InChI=1S/C15H19IO2/c1-10(2)8-9-13(16)15(17)18-14-11(3)6-5-7-12(14)4/h5-8,13H,9H2,1-4H3. The van der Waals surface area contributed by atoms with Crippen LogP contribution in [0.15, 0.2) is 29.8 Å². The van der Waals surface area contributed by atoms with Gasteiger partial charge < -0.3 is 4.74 Å². The minimum atomic E-state index is -0.175. The Morgan fingerprint density at radius 2 is 1.89 bits per heavy atom. The van der Waals surface area contributed by atoms with Crippen molar-refractivity contribution in [2.75, 3.05) is 0 Å². The summed E-state index contributed by atoms with van der Waals surface area (Å²) in [5.41, 5.74) is 3.21. The molecule has 0 aliphatic rings. The normalized spacial score (nSPS) is 11.8. The molecule has 0 heterocycles. The van der Waals surface area contributed by atoms with Gasteiger partial charge in [-0.25, -0.2) is 0 Å². The molecular formula is C15H19IO2. The topological polar surface area (TPSA) is 26.3 Å². The van der Waals surface area contributed by atoms with Crippen LogP contribution in [0.3, 0.4) is 0 Å². The summed E-state index contributed by atoms with van der Waals surface area (Å²) in [6, 6.07) is 5.87. The first kappa shape index (κ1) is 15.2. The molecule has 0 amide bonds. The molecule has 0 radical (unpaired) electrons. The van der Waals surface area contributed by atoms with Crippen LogP contribution in [0.25, 0.3) is 0 Å². The fourth-order valence-corrected chi connectivity index (χ4v) is 1.94. The molecule has 1 rings (SSSR count). The smallest absolute Gasteiger partial charge is 0.324 e. The number of carbonyl (C=O) groups is 1. The summed E-state index contributed by atoms with van der Waals surface area (Å²) in [4.78, 5) is 12.0. The van der Waals surface area contributed by atoms with Crippen molar-refractivity contribution in [2.45, 2.75) is 38.0 Å². The third-order valence-electron chi connectivity index (χ3n) is 2.60. The quantitative estimate of drug-likeness (QED) is 0.263. The van der Waals surface area contributed by atoms with Crippen molar-refractivity contribution in [3.63, 3.8) is 0 Å². The van der Waals surface area contributed by atoms with Crippen LogP contribution in [-0.4, -0.2) is 9.89 Å². The lowest BCUT2D eigenvalue weighted by molar-refractivity contribution is -0.133. The molecule has 3 heteroatoms. The first-order valence-electron chi connectivity index (χ1n) is 5.97. The van der Waals surface area contributed by atoms with Crippen LogP contribution in [0, 0.1) is 13.8 Å². The number of hydrogen-bond donors (Lipinski definition) is 0. The number of para-hydroxylation sites is 1. The van der Waals surface area contributed by atoms with Gasteiger partial charge in [-0.1, -0.05) is 52.4 Å². The summed E-state index contributed by atoms with van der Waals surface area (Å²) in [5, 5.41) is 0. The Hall–Kier alpha value is -0.840. The molecule has 0 saturated heterocycles. The van der Waals surface area contributed by atoms with Crippen LogP contribution in [0.5, 0.6) is 5.75 Å². The van der Waals surface area contributed by atoms with Crippen LogP contribution in [0.2, 0.25) is 0 Å². The average molecular weight is 358 g/mol. The van der Waals surface area contributed by atoms with Gasteiger partial charge in [-0.05, 0) is 45.2 Å². The predicted molar refractivity (Wildman–Crippen MR) is 83.4 cm³/mol. The average Bonchev–Trinajstić information content (AvgIpc) is 2.30. The highest BCUT2D eigenvalue weighted by molar-refractivity contribution is 14.1. The van der Waals surface area contributed by atoms with Crippen molar-refractivity contribution in [3.8, 4) is 5.75 Å². The molecule has 1 aromatic rings. The van der Waals surface area contributed by atoms with Crippen LogP contribution < -0.4 is 4.74 Å². The van der Waals surface area contributed by atoms with E-state index in [0.717, 1.165) is 11.1 Å². The number of halogens is 1. The Labute approximate surface area is 123 Å². The van der Waals surface area contributed by atoms with Crippen LogP contribution >= 0.6 is 22.6 Å². The summed E-state index contributed by atoms with van der Waals surface area (Å²) in [6.07, 6.45) is 2.77. The summed E-state index contributed by atoms with van der Waals surface area (Å²) >= 11 is 2.13. The van der Waals surface area contributed by atoms with Crippen molar-refractivity contribution < 1.29 is 9.53 Å². The van der Waals surface area contributed by atoms with Crippen molar-refractivity contribution in [1.29, 1.82) is 0 Å². The number of aryl methyl sites for hydroxylation is 2. The number of alkyl halides is 1. The van der Waals surface area contributed by atoms with Gasteiger partial charge in [-0.15, -0.1) is 0 Å². The number of hydrogen-bond acceptors (Lipinski definition) is 2. The molecule has 1 unspecified atom stereocenters. The van der Waals surface area contributed by atoms with E-state index in [1.807, 2.05) is 45.9 Å². The number of esters is 1. The minimum Gasteiger partial charge on any atom is -0.425 e. The SMILES string of the molecule is CC(C)=CCC(I)C(=O)Oc1c(C)cccc1C. The summed E-state index contributed by atoms with van der Waals surface area (Å²) < 4.78 is 5.35. The molecular weight excluding hydrogens is 339 g/mol. The lowest BCUT2D eigenvalue weighted by Crippen LogP contribution is -2.20. The van der Waals surface area contributed by atoms with Crippen LogP contribution in [-0.2, 0) is 4.79 Å². The van der Waals surface area contributed by atoms with E-state index in [9.17, 15) is 4.79 Å². The lowest BCUT2D eigenvalue weighted by Gasteiger charge is -2.12. The van der Waals surface area contributed by atoms with Crippen LogP contribution in [0.4, 0.5) is 0 Å². The summed E-state index contributed by atoms with van der Waals surface area (Å²) in [6.45, 7) is 7.96. The zero-order valence-corrected chi connectivity index (χ0v) is 13.4. The van der Waals surface area contributed by atoms with E-state index in [0.29, 0.717) is 12.2 Å². The summed E-state index contributed by atoms with van der Waals surface area (Å²) in [7, 11) is 0. The largest absolute Gasteiger partial charge is 0.425 e. The number of benzene rings is 1. The Kier molecular flexibility index (Phi) is 5.85. The number of carbonyl (C=O) groups excluding carboxylic acids is 1. The van der Waals surface area contributed by atoms with Gasteiger partial charge in [-0.3, -0.25) is 4.79 Å². The molecule has 1 aromatic carbocycles. The highest BCUT2D eigenvalue weighted by Crippen LogP contribution is 2.24. The first-order valence-corrected chi connectivity index (χ1v) is 7.21. The zero-order valence-electron chi connectivity index (χ0n) is 11.3. The molecule has 0 fully saturated rings. The van der Waals surface area contributed by atoms with Gasteiger partial charge in [0, 0.05) is 0 Å². The molecule has 18 heavy (non-hydrogen) atoms. The minimum absolute atomic E-state index is 0.142. The van der Waals surface area contributed by atoms with Gasteiger partial charge in [0.1, 0.15) is 9.67 Å². The van der Waals surface area contributed by atoms with E-state index in [1.165, 1.54) is 5.57 Å². The van der Waals surface area contributed by atoms with Crippen molar-refractivity contribution in [1.82, 2.24) is 0 Å². The maximum Gasteiger partial charge on any atom is 0.324 e. The Bertz CT molecular complexity index is 439. The Balaban J connectivity index is 2.73. The van der Waals surface area contributed by atoms with Gasteiger partial charge in [0.05, 0.1) is 0 Å². The molecule has 0 aliphatic heterocycles. The highest BCUT2D eigenvalue weighted by Gasteiger charge is 2.17. The second kappa shape index (κ2) is 6.92. The molecule has 98 valence electrons. The number of allylic oxidation sites excluding steroid dienone is 2. The molecule has 0 saturated carbocycles. The molecule has 1 atom stereocenters. The van der Waals surface area contributed by atoms with E-state index in [2.05, 4.69) is 28.7 Å².